The number of nitrogens with zero attached hydrogens (tertiary/aromatic N) is 1. The Kier molecular flexibility index (Phi) is 5.75. The van der Waals surface area contributed by atoms with Crippen LogP contribution in [0.5, 0.6) is 0 Å². The Morgan fingerprint density at radius 2 is 2.12 bits per heavy atom. The van der Waals surface area contributed by atoms with Crippen molar-refractivity contribution in [2.24, 2.45) is 11.8 Å². The lowest BCUT2D eigenvalue weighted by Crippen LogP contribution is -2.33. The van der Waals surface area contributed by atoms with Crippen molar-refractivity contribution in [3.8, 4) is 0 Å². The lowest BCUT2D eigenvalue weighted by molar-refractivity contribution is 0.0983. The van der Waals surface area contributed by atoms with Crippen LogP contribution in [-0.4, -0.2) is 43.3 Å². The topological polar surface area (TPSA) is 41.6 Å². The summed E-state index contributed by atoms with van der Waals surface area (Å²) in [5.41, 5.74) is 0. The number of amides is 1. The molecule has 1 saturated heterocycles. The van der Waals surface area contributed by atoms with E-state index >= 15 is 0 Å². The van der Waals surface area contributed by atoms with Gasteiger partial charge in [-0.2, -0.15) is 0 Å². The second-order valence-corrected chi connectivity index (χ2v) is 5.63. The van der Waals surface area contributed by atoms with Crippen LogP contribution in [0.3, 0.4) is 0 Å². The molecule has 0 aromatic rings. The van der Waals surface area contributed by atoms with Gasteiger partial charge in [0.05, 0.1) is 6.61 Å². The largest absolute Gasteiger partial charge is 0.449 e. The highest BCUT2D eigenvalue weighted by atomic mass is 16.6. The Bertz CT molecular complexity index is 242. The average Bonchev–Trinajstić information content (AvgIpc) is 2.71. The summed E-state index contributed by atoms with van der Waals surface area (Å²) in [6, 6.07) is 0.511. The standard InChI is InChI=1S/C13H26N2O2/c1-10(2)9-17-13(16)15-6-5-12(8-15)7-14-11(3)4/h10-12,14H,5-9H2,1-4H3. The molecule has 1 aliphatic heterocycles. The van der Waals surface area contributed by atoms with Gasteiger partial charge >= 0.3 is 6.09 Å². The molecule has 0 aromatic carbocycles. The second-order valence-electron chi connectivity index (χ2n) is 5.63. The van der Waals surface area contributed by atoms with Crippen LogP contribution in [0.25, 0.3) is 0 Å². The predicted molar refractivity (Wildman–Crippen MR) is 69.0 cm³/mol. The minimum atomic E-state index is -0.147. The van der Waals surface area contributed by atoms with Gasteiger partial charge in [-0.1, -0.05) is 27.7 Å². The molecule has 1 aliphatic rings. The summed E-state index contributed by atoms with van der Waals surface area (Å²) in [5.74, 6) is 0.976. The predicted octanol–water partition coefficient (Wildman–Crippen LogP) is 2.10. The Hall–Kier alpha value is -0.770. The maximum absolute atomic E-state index is 11.7. The smallest absolute Gasteiger partial charge is 0.409 e. The number of rotatable bonds is 5. The first-order valence-electron chi connectivity index (χ1n) is 6.64. The zero-order valence-electron chi connectivity index (χ0n) is 11.5. The summed E-state index contributed by atoms with van der Waals surface area (Å²) in [6.45, 7) is 11.6. The van der Waals surface area contributed by atoms with E-state index in [4.69, 9.17) is 4.74 Å². The number of ether oxygens (including phenoxy) is 1. The highest BCUT2D eigenvalue weighted by molar-refractivity contribution is 5.67. The maximum Gasteiger partial charge on any atom is 0.409 e. The third kappa shape index (κ3) is 5.39. The van der Waals surface area contributed by atoms with Gasteiger partial charge in [-0.3, -0.25) is 0 Å². The van der Waals surface area contributed by atoms with E-state index < -0.39 is 0 Å². The monoisotopic (exact) mass is 242 g/mol. The summed E-state index contributed by atoms with van der Waals surface area (Å²) in [6.07, 6.45) is 0.932. The first-order valence-corrected chi connectivity index (χ1v) is 6.64. The Morgan fingerprint density at radius 1 is 1.41 bits per heavy atom. The van der Waals surface area contributed by atoms with Crippen molar-refractivity contribution in [3.63, 3.8) is 0 Å². The van der Waals surface area contributed by atoms with E-state index in [9.17, 15) is 4.79 Å². The minimum Gasteiger partial charge on any atom is -0.449 e. The lowest BCUT2D eigenvalue weighted by Gasteiger charge is -2.18. The number of hydrogen-bond donors (Lipinski definition) is 1. The van der Waals surface area contributed by atoms with Crippen molar-refractivity contribution in [2.75, 3.05) is 26.2 Å². The van der Waals surface area contributed by atoms with E-state index in [1.165, 1.54) is 0 Å². The van der Waals surface area contributed by atoms with Gasteiger partial charge in [0.15, 0.2) is 0 Å². The highest BCUT2D eigenvalue weighted by Crippen LogP contribution is 2.16. The summed E-state index contributed by atoms with van der Waals surface area (Å²) in [4.78, 5) is 13.5. The van der Waals surface area contributed by atoms with Crippen molar-refractivity contribution in [1.29, 1.82) is 0 Å². The van der Waals surface area contributed by atoms with Gasteiger partial charge < -0.3 is 15.0 Å². The van der Waals surface area contributed by atoms with Gasteiger partial charge in [0.2, 0.25) is 0 Å². The van der Waals surface area contributed by atoms with Crippen LogP contribution in [0.15, 0.2) is 0 Å². The zero-order chi connectivity index (χ0) is 12.8. The molecule has 0 aromatic heterocycles. The molecule has 4 heteroatoms. The number of carbonyl (C=O) groups excluding carboxylic acids is 1. The molecule has 1 fully saturated rings. The van der Waals surface area contributed by atoms with Crippen LogP contribution >= 0.6 is 0 Å². The number of nitrogens with one attached hydrogen (secondary N) is 1. The molecule has 4 nitrogen and oxygen atoms in total. The summed E-state index contributed by atoms with van der Waals surface area (Å²) < 4.78 is 5.23. The van der Waals surface area contributed by atoms with Gasteiger partial charge in [0.25, 0.3) is 0 Å². The SMILES string of the molecule is CC(C)COC(=O)N1CCC(CNC(C)C)C1. The fourth-order valence-corrected chi connectivity index (χ4v) is 1.90. The molecule has 1 heterocycles. The molecule has 1 atom stereocenters. The third-order valence-electron chi connectivity index (χ3n) is 2.90. The quantitative estimate of drug-likeness (QED) is 0.802. The van der Waals surface area contributed by atoms with E-state index in [1.807, 2.05) is 18.7 Å². The lowest BCUT2D eigenvalue weighted by atomic mass is 10.1. The van der Waals surface area contributed by atoms with Gasteiger partial charge in [-0.25, -0.2) is 4.79 Å². The molecule has 1 unspecified atom stereocenters. The van der Waals surface area contributed by atoms with Gasteiger partial charge in [0, 0.05) is 19.1 Å². The highest BCUT2D eigenvalue weighted by Gasteiger charge is 2.27. The zero-order valence-corrected chi connectivity index (χ0v) is 11.5. The van der Waals surface area contributed by atoms with Gasteiger partial charge in [-0.05, 0) is 24.8 Å². The van der Waals surface area contributed by atoms with Crippen LogP contribution < -0.4 is 5.32 Å². The van der Waals surface area contributed by atoms with E-state index in [1.54, 1.807) is 0 Å². The molecule has 1 N–H and O–H groups in total. The molecular weight excluding hydrogens is 216 g/mol. The molecular formula is C13H26N2O2. The van der Waals surface area contributed by atoms with E-state index in [2.05, 4.69) is 19.2 Å². The van der Waals surface area contributed by atoms with Crippen LogP contribution in [0.2, 0.25) is 0 Å². The first-order chi connectivity index (χ1) is 7.99. The number of carbonyl (C=O) groups is 1. The van der Waals surface area contributed by atoms with Crippen molar-refractivity contribution in [1.82, 2.24) is 10.2 Å². The third-order valence-corrected chi connectivity index (χ3v) is 2.90. The van der Waals surface area contributed by atoms with Gasteiger partial charge in [0.1, 0.15) is 0 Å². The number of likely N-dealkylation sites (tertiary alicyclic amines) is 1. The van der Waals surface area contributed by atoms with Crippen molar-refractivity contribution in [2.45, 2.75) is 40.2 Å². The second kappa shape index (κ2) is 6.84. The van der Waals surface area contributed by atoms with Crippen LogP contribution in [-0.2, 0) is 4.74 Å². The molecule has 1 rings (SSSR count). The van der Waals surface area contributed by atoms with Crippen LogP contribution in [0.4, 0.5) is 4.79 Å². The molecule has 0 spiro atoms. The van der Waals surface area contributed by atoms with Crippen molar-refractivity contribution in [3.05, 3.63) is 0 Å². The fraction of sp³-hybridized carbons (Fsp3) is 0.923. The molecule has 0 saturated carbocycles. The molecule has 100 valence electrons. The molecule has 0 radical (unpaired) electrons. The van der Waals surface area contributed by atoms with E-state index in [0.29, 0.717) is 24.5 Å². The summed E-state index contributed by atoms with van der Waals surface area (Å²) >= 11 is 0. The average molecular weight is 242 g/mol. The fourth-order valence-electron chi connectivity index (χ4n) is 1.90. The van der Waals surface area contributed by atoms with E-state index in [-0.39, 0.29) is 6.09 Å². The van der Waals surface area contributed by atoms with Crippen LogP contribution in [0, 0.1) is 11.8 Å². The Morgan fingerprint density at radius 3 is 2.71 bits per heavy atom. The van der Waals surface area contributed by atoms with E-state index in [0.717, 1.165) is 26.1 Å². The molecule has 17 heavy (non-hydrogen) atoms. The maximum atomic E-state index is 11.7. The Labute approximate surface area is 105 Å². The first kappa shape index (κ1) is 14.3. The minimum absolute atomic E-state index is 0.147. The Balaban J connectivity index is 2.22. The van der Waals surface area contributed by atoms with Gasteiger partial charge in [-0.15, -0.1) is 0 Å². The van der Waals surface area contributed by atoms with Crippen molar-refractivity contribution < 1.29 is 9.53 Å². The molecule has 0 bridgehead atoms. The normalized spacial score (nSPS) is 20.4. The number of hydrogen-bond acceptors (Lipinski definition) is 3. The molecule has 1 amide bonds. The van der Waals surface area contributed by atoms with Crippen LogP contribution in [0.1, 0.15) is 34.1 Å². The molecule has 0 aliphatic carbocycles. The van der Waals surface area contributed by atoms with Crippen molar-refractivity contribution >= 4 is 6.09 Å². The summed E-state index contributed by atoms with van der Waals surface area (Å²) in [5, 5.41) is 3.42. The summed E-state index contributed by atoms with van der Waals surface area (Å²) in [7, 11) is 0.